The van der Waals surface area contributed by atoms with Gasteiger partial charge in [-0.2, -0.15) is 4.31 Å². The lowest BCUT2D eigenvalue weighted by atomic mass is 10.0. The largest absolute Gasteiger partial charge is 0.381 e. The van der Waals surface area contributed by atoms with Crippen LogP contribution in [0.15, 0.2) is 23.1 Å². The molecule has 1 aliphatic heterocycles. The molecule has 5 nitrogen and oxygen atoms in total. The van der Waals surface area contributed by atoms with Crippen molar-refractivity contribution in [2.24, 2.45) is 5.73 Å². The second-order valence-corrected chi connectivity index (χ2v) is 6.82. The molecule has 22 heavy (non-hydrogen) atoms. The smallest absolute Gasteiger partial charge is 0.246 e. The molecule has 1 aromatic carbocycles. The van der Waals surface area contributed by atoms with Gasteiger partial charge in [-0.05, 0) is 31.0 Å². The fourth-order valence-electron chi connectivity index (χ4n) is 2.54. The van der Waals surface area contributed by atoms with Gasteiger partial charge < -0.3 is 10.5 Å². The van der Waals surface area contributed by atoms with Crippen LogP contribution in [0.1, 0.15) is 12.8 Å². The van der Waals surface area contributed by atoms with Gasteiger partial charge >= 0.3 is 0 Å². The van der Waals surface area contributed by atoms with Crippen LogP contribution in [0.4, 0.5) is 8.78 Å². The zero-order chi connectivity index (χ0) is 15.6. The molecule has 1 saturated heterocycles. The second kappa shape index (κ2) is 7.65. The van der Waals surface area contributed by atoms with Crippen molar-refractivity contribution in [3.05, 3.63) is 29.8 Å². The van der Waals surface area contributed by atoms with E-state index in [1.165, 1.54) is 0 Å². The number of sulfonamides is 1. The minimum atomic E-state index is -4.13. The van der Waals surface area contributed by atoms with Gasteiger partial charge in [-0.1, -0.05) is 0 Å². The Balaban J connectivity index is 0.00000242. The number of piperidine rings is 1. The molecule has 0 aromatic heterocycles. The maximum absolute atomic E-state index is 13.8. The first kappa shape index (κ1) is 19.2. The lowest BCUT2D eigenvalue weighted by Gasteiger charge is -2.37. The quantitative estimate of drug-likeness (QED) is 0.887. The molecule has 0 bridgehead atoms. The Morgan fingerprint density at radius 3 is 2.68 bits per heavy atom. The fourth-order valence-corrected chi connectivity index (χ4v) is 4.28. The monoisotopic (exact) mass is 356 g/mol. The zero-order valence-electron chi connectivity index (χ0n) is 12.0. The van der Waals surface area contributed by atoms with Crippen molar-refractivity contribution >= 4 is 22.4 Å². The summed E-state index contributed by atoms with van der Waals surface area (Å²) in [4.78, 5) is -0.656. The Hall–Kier alpha value is -0.800. The maximum atomic E-state index is 13.8. The van der Waals surface area contributed by atoms with E-state index in [9.17, 15) is 17.2 Å². The molecule has 0 saturated carbocycles. The summed E-state index contributed by atoms with van der Waals surface area (Å²) in [5, 5.41) is 0. The number of nitrogens with two attached hydrogens (primary N) is 1. The summed E-state index contributed by atoms with van der Waals surface area (Å²) in [5.74, 6) is -1.77. The Labute approximate surface area is 134 Å². The van der Waals surface area contributed by atoms with Gasteiger partial charge in [0.15, 0.2) is 0 Å². The van der Waals surface area contributed by atoms with Crippen LogP contribution >= 0.6 is 12.4 Å². The van der Waals surface area contributed by atoms with E-state index < -0.39 is 32.6 Å². The van der Waals surface area contributed by atoms with Gasteiger partial charge in [0.1, 0.15) is 16.5 Å². The SMILES string of the molecule is COC1CCN(S(=O)(=O)c2cc(F)ccc2F)C(CN)C1.Cl. The molecule has 1 aromatic rings. The molecule has 2 rings (SSSR count). The fraction of sp³-hybridized carbons (Fsp3) is 0.538. The molecule has 126 valence electrons. The number of halogens is 3. The number of hydrogen-bond donors (Lipinski definition) is 1. The highest BCUT2D eigenvalue weighted by atomic mass is 35.5. The van der Waals surface area contributed by atoms with Gasteiger partial charge in [0.2, 0.25) is 10.0 Å². The Morgan fingerprint density at radius 1 is 1.41 bits per heavy atom. The van der Waals surface area contributed by atoms with Crippen LogP contribution in [0.25, 0.3) is 0 Å². The number of benzene rings is 1. The summed E-state index contributed by atoms with van der Waals surface area (Å²) < 4.78 is 58.5. The van der Waals surface area contributed by atoms with Crippen molar-refractivity contribution in [2.45, 2.75) is 29.9 Å². The predicted molar refractivity (Wildman–Crippen MR) is 80.4 cm³/mol. The van der Waals surface area contributed by atoms with Gasteiger partial charge in [0.25, 0.3) is 0 Å². The molecule has 0 aliphatic carbocycles. The van der Waals surface area contributed by atoms with Crippen molar-refractivity contribution in [2.75, 3.05) is 20.2 Å². The summed E-state index contributed by atoms with van der Waals surface area (Å²) >= 11 is 0. The lowest BCUT2D eigenvalue weighted by molar-refractivity contribution is 0.0401. The predicted octanol–water partition coefficient (Wildman–Crippen LogP) is 1.51. The summed E-state index contributed by atoms with van der Waals surface area (Å²) in [5.41, 5.74) is 5.62. The van der Waals surface area contributed by atoms with Crippen LogP contribution in [0.5, 0.6) is 0 Å². The Kier molecular flexibility index (Phi) is 6.69. The van der Waals surface area contributed by atoms with E-state index in [0.717, 1.165) is 16.4 Å². The number of ether oxygens (including phenoxy) is 1. The molecule has 0 spiro atoms. The Bertz CT molecular complexity index is 615. The molecule has 2 unspecified atom stereocenters. The molecule has 1 fully saturated rings. The molecule has 9 heteroatoms. The summed E-state index contributed by atoms with van der Waals surface area (Å²) in [6.07, 6.45) is 0.842. The van der Waals surface area contributed by atoms with Crippen molar-refractivity contribution in [3.8, 4) is 0 Å². The average Bonchev–Trinajstić information content (AvgIpc) is 2.48. The summed E-state index contributed by atoms with van der Waals surface area (Å²) in [7, 11) is -2.58. The number of methoxy groups -OCH3 is 1. The van der Waals surface area contributed by atoms with Crippen LogP contribution in [0.3, 0.4) is 0 Å². The van der Waals surface area contributed by atoms with Gasteiger partial charge in [0, 0.05) is 26.2 Å². The summed E-state index contributed by atoms with van der Waals surface area (Å²) in [6.45, 7) is 0.259. The molecular weight excluding hydrogens is 338 g/mol. The molecule has 0 radical (unpaired) electrons. The minimum absolute atomic E-state index is 0. The molecule has 2 atom stereocenters. The number of nitrogens with zero attached hydrogens (tertiary/aromatic N) is 1. The molecular formula is C13H19ClF2N2O3S. The van der Waals surface area contributed by atoms with Crippen LogP contribution in [0, 0.1) is 11.6 Å². The first-order valence-corrected chi connectivity index (χ1v) is 8.04. The lowest BCUT2D eigenvalue weighted by Crippen LogP contribution is -2.51. The van der Waals surface area contributed by atoms with E-state index in [1.54, 1.807) is 7.11 Å². The van der Waals surface area contributed by atoms with E-state index in [4.69, 9.17) is 10.5 Å². The molecule has 1 heterocycles. The van der Waals surface area contributed by atoms with Crippen molar-refractivity contribution in [3.63, 3.8) is 0 Å². The maximum Gasteiger partial charge on any atom is 0.246 e. The topological polar surface area (TPSA) is 72.6 Å². The first-order chi connectivity index (χ1) is 9.90. The van der Waals surface area contributed by atoms with Gasteiger partial charge in [-0.3, -0.25) is 0 Å². The number of rotatable bonds is 4. The minimum Gasteiger partial charge on any atom is -0.381 e. The van der Waals surface area contributed by atoms with Crippen LogP contribution in [-0.4, -0.2) is 45.1 Å². The van der Waals surface area contributed by atoms with E-state index >= 15 is 0 Å². The van der Waals surface area contributed by atoms with Crippen molar-refractivity contribution < 1.29 is 21.9 Å². The standard InChI is InChI=1S/C13H18F2N2O3S.ClH/c1-20-11-4-5-17(10(7-11)8-16)21(18,19)13-6-9(14)2-3-12(13)15;/h2-3,6,10-11H,4-5,7-8,16H2,1H3;1H. The van der Waals surface area contributed by atoms with Crippen LogP contribution in [-0.2, 0) is 14.8 Å². The average molecular weight is 357 g/mol. The Morgan fingerprint density at radius 2 is 2.09 bits per heavy atom. The van der Waals surface area contributed by atoms with Crippen LogP contribution in [0.2, 0.25) is 0 Å². The third kappa shape index (κ3) is 3.75. The van der Waals surface area contributed by atoms with Crippen LogP contribution < -0.4 is 5.73 Å². The van der Waals surface area contributed by atoms with Gasteiger partial charge in [-0.15, -0.1) is 12.4 Å². The highest BCUT2D eigenvalue weighted by Gasteiger charge is 2.37. The zero-order valence-corrected chi connectivity index (χ0v) is 13.7. The van der Waals surface area contributed by atoms with Crippen molar-refractivity contribution in [1.29, 1.82) is 0 Å². The number of hydrogen-bond acceptors (Lipinski definition) is 4. The molecule has 2 N–H and O–H groups in total. The highest BCUT2D eigenvalue weighted by molar-refractivity contribution is 7.89. The third-order valence-corrected chi connectivity index (χ3v) is 5.67. The molecule has 0 amide bonds. The summed E-state index contributed by atoms with van der Waals surface area (Å²) in [6, 6.07) is 1.89. The van der Waals surface area contributed by atoms with Crippen molar-refractivity contribution in [1.82, 2.24) is 4.31 Å². The third-order valence-electron chi connectivity index (χ3n) is 3.70. The van der Waals surface area contributed by atoms with E-state index in [1.807, 2.05) is 0 Å². The van der Waals surface area contributed by atoms with Gasteiger partial charge in [-0.25, -0.2) is 17.2 Å². The first-order valence-electron chi connectivity index (χ1n) is 6.60. The van der Waals surface area contributed by atoms with E-state index in [2.05, 4.69) is 0 Å². The second-order valence-electron chi connectivity index (χ2n) is 4.96. The highest BCUT2D eigenvalue weighted by Crippen LogP contribution is 2.28. The van der Waals surface area contributed by atoms with Gasteiger partial charge in [0.05, 0.1) is 6.10 Å². The van der Waals surface area contributed by atoms with E-state index in [0.29, 0.717) is 18.9 Å². The van der Waals surface area contributed by atoms with E-state index in [-0.39, 0.29) is 31.6 Å². The molecule has 1 aliphatic rings. The normalized spacial score (nSPS) is 23.1.